The minimum absolute atomic E-state index is 0.0503. The number of para-hydroxylation sites is 1. The molecule has 2 rings (SSSR count). The largest absolute Gasteiger partial charge is 0.478 e. The molecular weight excluding hydrogens is 318 g/mol. The first-order valence-corrected chi connectivity index (χ1v) is 6.63. The molecule has 0 fully saturated rings. The molecule has 1 heterocycles. The van der Waals surface area contributed by atoms with E-state index in [4.69, 9.17) is 5.11 Å². The van der Waals surface area contributed by atoms with Crippen molar-refractivity contribution in [3.8, 4) is 0 Å². The average Bonchev–Trinajstić information content (AvgIpc) is 2.85. The molecule has 92 valence electrons. The number of carboxylic acid groups (broad SMARTS) is 1. The molecule has 0 spiro atoms. The number of nitrogens with one attached hydrogen (secondary N) is 1. The normalized spacial score (nSPS) is 10.1. The van der Waals surface area contributed by atoms with E-state index >= 15 is 0 Å². The highest BCUT2D eigenvalue weighted by molar-refractivity contribution is 9.10. The van der Waals surface area contributed by atoms with Gasteiger partial charge in [-0.2, -0.15) is 0 Å². The summed E-state index contributed by atoms with van der Waals surface area (Å²) in [6.45, 7) is 0. The van der Waals surface area contributed by atoms with E-state index in [9.17, 15) is 9.59 Å². The van der Waals surface area contributed by atoms with Crippen molar-refractivity contribution < 1.29 is 14.7 Å². The Morgan fingerprint density at radius 1 is 1.22 bits per heavy atom. The highest BCUT2D eigenvalue weighted by Crippen LogP contribution is 2.27. The fourth-order valence-electron chi connectivity index (χ4n) is 1.41. The van der Waals surface area contributed by atoms with Crippen molar-refractivity contribution in [2.24, 2.45) is 0 Å². The molecule has 18 heavy (non-hydrogen) atoms. The lowest BCUT2D eigenvalue weighted by Gasteiger charge is -2.09. The van der Waals surface area contributed by atoms with Crippen molar-refractivity contribution >= 4 is 44.8 Å². The zero-order chi connectivity index (χ0) is 13.1. The van der Waals surface area contributed by atoms with E-state index in [1.807, 2.05) is 0 Å². The van der Waals surface area contributed by atoms with E-state index in [2.05, 4.69) is 21.2 Å². The van der Waals surface area contributed by atoms with Crippen LogP contribution in [0.5, 0.6) is 0 Å². The van der Waals surface area contributed by atoms with Crippen LogP contribution in [-0.2, 0) is 0 Å². The minimum atomic E-state index is -1.09. The summed E-state index contributed by atoms with van der Waals surface area (Å²) < 4.78 is 0.535. The number of thiophene rings is 1. The number of carbonyl (C=O) groups is 2. The van der Waals surface area contributed by atoms with Crippen LogP contribution >= 0.6 is 27.3 Å². The molecule has 0 saturated heterocycles. The van der Waals surface area contributed by atoms with Gasteiger partial charge in [-0.1, -0.05) is 12.1 Å². The average molecular weight is 326 g/mol. The summed E-state index contributed by atoms with van der Waals surface area (Å²) in [6, 6.07) is 8.16. The number of rotatable bonds is 3. The Morgan fingerprint density at radius 2 is 2.00 bits per heavy atom. The van der Waals surface area contributed by atoms with Gasteiger partial charge >= 0.3 is 5.97 Å². The standard InChI is InChI=1S/C12H8BrNO3S/c13-8-4-1-3-7(12(16)17)10(8)14-11(15)9-5-2-6-18-9/h1-6H,(H,14,15)(H,16,17). The number of hydrogen-bond acceptors (Lipinski definition) is 3. The van der Waals surface area contributed by atoms with Gasteiger partial charge in [0.2, 0.25) is 0 Å². The van der Waals surface area contributed by atoms with Gasteiger partial charge in [-0.05, 0) is 39.5 Å². The minimum Gasteiger partial charge on any atom is -0.478 e. The summed E-state index contributed by atoms with van der Waals surface area (Å²) in [7, 11) is 0. The van der Waals surface area contributed by atoms with Gasteiger partial charge in [0.1, 0.15) is 0 Å². The van der Waals surface area contributed by atoms with Crippen molar-refractivity contribution in [2.75, 3.05) is 5.32 Å². The quantitative estimate of drug-likeness (QED) is 0.908. The Balaban J connectivity index is 2.34. The van der Waals surface area contributed by atoms with E-state index in [1.54, 1.807) is 29.6 Å². The van der Waals surface area contributed by atoms with Crippen LogP contribution < -0.4 is 5.32 Å². The van der Waals surface area contributed by atoms with Crippen molar-refractivity contribution in [1.82, 2.24) is 0 Å². The number of anilines is 1. The molecule has 4 nitrogen and oxygen atoms in total. The number of benzene rings is 1. The first-order valence-electron chi connectivity index (χ1n) is 4.96. The second-order valence-electron chi connectivity index (χ2n) is 3.40. The van der Waals surface area contributed by atoms with E-state index < -0.39 is 5.97 Å². The predicted octanol–water partition coefficient (Wildman–Crippen LogP) is 3.46. The number of carboxylic acids is 1. The van der Waals surface area contributed by atoms with Crippen molar-refractivity contribution in [3.05, 3.63) is 50.6 Å². The van der Waals surface area contributed by atoms with Crippen LogP contribution in [0.2, 0.25) is 0 Å². The summed E-state index contributed by atoms with van der Waals surface area (Å²) in [5.74, 6) is -1.41. The summed E-state index contributed by atoms with van der Waals surface area (Å²) in [5, 5.41) is 13.5. The monoisotopic (exact) mass is 325 g/mol. The zero-order valence-electron chi connectivity index (χ0n) is 9.01. The maximum Gasteiger partial charge on any atom is 0.337 e. The van der Waals surface area contributed by atoms with Crippen LogP contribution in [0.25, 0.3) is 0 Å². The van der Waals surface area contributed by atoms with E-state index in [-0.39, 0.29) is 17.2 Å². The maximum atomic E-state index is 11.9. The highest BCUT2D eigenvalue weighted by atomic mass is 79.9. The van der Waals surface area contributed by atoms with E-state index in [1.165, 1.54) is 17.4 Å². The van der Waals surface area contributed by atoms with Gasteiger partial charge in [0.15, 0.2) is 0 Å². The molecule has 0 aliphatic rings. The van der Waals surface area contributed by atoms with Gasteiger partial charge < -0.3 is 10.4 Å². The third kappa shape index (κ3) is 2.60. The van der Waals surface area contributed by atoms with Crippen LogP contribution in [-0.4, -0.2) is 17.0 Å². The van der Waals surface area contributed by atoms with Crippen LogP contribution in [0, 0.1) is 0 Å². The van der Waals surface area contributed by atoms with Gasteiger partial charge in [-0.25, -0.2) is 4.79 Å². The Labute approximate surface area is 115 Å². The zero-order valence-corrected chi connectivity index (χ0v) is 11.4. The van der Waals surface area contributed by atoms with Gasteiger partial charge in [0.25, 0.3) is 5.91 Å². The summed E-state index contributed by atoms with van der Waals surface area (Å²) >= 11 is 4.53. The van der Waals surface area contributed by atoms with Crippen LogP contribution in [0.15, 0.2) is 40.2 Å². The lowest BCUT2D eigenvalue weighted by atomic mass is 10.2. The fourth-order valence-corrected chi connectivity index (χ4v) is 2.50. The van der Waals surface area contributed by atoms with E-state index in [0.29, 0.717) is 9.35 Å². The first-order chi connectivity index (χ1) is 8.59. The van der Waals surface area contributed by atoms with Crippen LogP contribution in [0.4, 0.5) is 5.69 Å². The number of aromatic carboxylic acids is 1. The molecule has 1 aromatic heterocycles. The summed E-state index contributed by atoms with van der Waals surface area (Å²) in [4.78, 5) is 23.5. The molecule has 0 radical (unpaired) electrons. The first kappa shape index (κ1) is 12.8. The molecule has 1 aromatic carbocycles. The third-order valence-corrected chi connectivity index (χ3v) is 3.76. The summed E-state index contributed by atoms with van der Waals surface area (Å²) in [6.07, 6.45) is 0. The number of carbonyl (C=O) groups excluding carboxylic acids is 1. The van der Waals surface area contributed by atoms with Gasteiger partial charge in [0, 0.05) is 4.47 Å². The molecule has 2 aromatic rings. The smallest absolute Gasteiger partial charge is 0.337 e. The topological polar surface area (TPSA) is 66.4 Å². The molecule has 0 unspecified atom stereocenters. The Bertz CT molecular complexity index is 595. The van der Waals surface area contributed by atoms with Crippen molar-refractivity contribution in [3.63, 3.8) is 0 Å². The number of halogens is 1. The second kappa shape index (κ2) is 5.32. The van der Waals surface area contributed by atoms with Gasteiger partial charge in [-0.15, -0.1) is 11.3 Å². The predicted molar refractivity (Wildman–Crippen MR) is 73.4 cm³/mol. The highest BCUT2D eigenvalue weighted by Gasteiger charge is 2.16. The molecular formula is C12H8BrNO3S. The lowest BCUT2D eigenvalue weighted by molar-refractivity contribution is 0.0698. The molecule has 0 bridgehead atoms. The fraction of sp³-hybridized carbons (Fsp3) is 0. The van der Waals surface area contributed by atoms with Crippen molar-refractivity contribution in [2.45, 2.75) is 0 Å². The maximum absolute atomic E-state index is 11.9. The van der Waals surface area contributed by atoms with E-state index in [0.717, 1.165) is 0 Å². The summed E-state index contributed by atoms with van der Waals surface area (Å²) in [5.41, 5.74) is 0.317. The molecule has 0 atom stereocenters. The Kier molecular flexibility index (Phi) is 3.78. The lowest BCUT2D eigenvalue weighted by Crippen LogP contribution is -2.14. The molecule has 6 heteroatoms. The molecule has 0 saturated carbocycles. The molecule has 0 aliphatic carbocycles. The Morgan fingerprint density at radius 3 is 2.61 bits per heavy atom. The van der Waals surface area contributed by atoms with Crippen molar-refractivity contribution in [1.29, 1.82) is 0 Å². The molecule has 0 aliphatic heterocycles. The van der Waals surface area contributed by atoms with Crippen LogP contribution in [0.1, 0.15) is 20.0 Å². The SMILES string of the molecule is O=C(Nc1c(Br)cccc1C(=O)O)c1cccs1. The number of hydrogen-bond donors (Lipinski definition) is 2. The van der Waals surface area contributed by atoms with Gasteiger partial charge in [-0.3, -0.25) is 4.79 Å². The Hall–Kier alpha value is -1.66. The number of amides is 1. The van der Waals surface area contributed by atoms with Gasteiger partial charge in [0.05, 0.1) is 16.1 Å². The molecule has 2 N–H and O–H groups in total. The molecule has 1 amide bonds. The third-order valence-electron chi connectivity index (χ3n) is 2.23. The second-order valence-corrected chi connectivity index (χ2v) is 5.20. The van der Waals surface area contributed by atoms with Crippen LogP contribution in [0.3, 0.4) is 0 Å².